The van der Waals surface area contributed by atoms with E-state index in [0.29, 0.717) is 11.1 Å². The molecule has 0 bridgehead atoms. The van der Waals surface area contributed by atoms with Crippen molar-refractivity contribution in [2.24, 2.45) is 18.9 Å². The van der Waals surface area contributed by atoms with Gasteiger partial charge in [0.25, 0.3) is 11.8 Å². The van der Waals surface area contributed by atoms with Gasteiger partial charge in [0.05, 0.1) is 21.4 Å². The fraction of sp³-hybridized carbons (Fsp3) is 0.379. The first-order chi connectivity index (χ1) is 18.6. The topological polar surface area (TPSA) is 80.1 Å². The normalized spacial score (nSPS) is 21.9. The van der Waals surface area contributed by atoms with Crippen LogP contribution in [0.5, 0.6) is 0 Å². The molecule has 2 amide bonds. The summed E-state index contributed by atoms with van der Waals surface area (Å²) >= 11 is 1.45. The first-order valence-corrected chi connectivity index (χ1v) is 13.9. The minimum Gasteiger partial charge on any atom is -0.349 e. The van der Waals surface area contributed by atoms with Crippen molar-refractivity contribution in [3.8, 4) is 10.4 Å². The minimum absolute atomic E-state index is 0.0651. The number of hydrogen-bond acceptors (Lipinski definition) is 5. The smallest absolute Gasteiger partial charge is 0.274 e. The Morgan fingerprint density at radius 2 is 1.90 bits per heavy atom. The summed E-state index contributed by atoms with van der Waals surface area (Å²) in [6.07, 6.45) is -0.549. The fourth-order valence-corrected chi connectivity index (χ4v) is 7.15. The van der Waals surface area contributed by atoms with Crippen molar-refractivity contribution in [1.82, 2.24) is 25.0 Å². The van der Waals surface area contributed by atoms with E-state index in [4.69, 9.17) is 0 Å². The monoisotopic (exact) mass is 549 g/mol. The Bertz CT molecular complexity index is 1600. The summed E-state index contributed by atoms with van der Waals surface area (Å²) in [6, 6.07) is 14.7. The van der Waals surface area contributed by atoms with Crippen LogP contribution < -0.4 is 5.32 Å². The van der Waals surface area contributed by atoms with Crippen LogP contribution in [0.3, 0.4) is 0 Å². The number of carbonyl (C=O) groups excluding carboxylic acids is 2. The van der Waals surface area contributed by atoms with E-state index in [0.717, 1.165) is 26.5 Å². The molecule has 10 heteroatoms. The number of carbonyl (C=O) groups is 2. The largest absolute Gasteiger partial charge is 0.349 e. The number of aromatic nitrogens is 3. The van der Waals surface area contributed by atoms with E-state index in [2.05, 4.69) is 15.4 Å². The lowest BCUT2D eigenvalue weighted by atomic mass is 9.94. The van der Waals surface area contributed by atoms with Crippen LogP contribution in [-0.2, 0) is 7.05 Å². The lowest BCUT2D eigenvalue weighted by molar-refractivity contribution is -0.00609. The first kappa shape index (κ1) is 25.6. The second-order valence-electron chi connectivity index (χ2n) is 10.7. The number of nitrogens with zero attached hydrogens (tertiary/aromatic N) is 4. The highest BCUT2D eigenvalue weighted by Gasteiger charge is 2.56. The molecule has 4 aromatic rings. The number of aryl methyl sites for hydroxylation is 3. The Hall–Kier alpha value is -3.66. The molecule has 0 unspecified atom stereocenters. The number of halogens is 2. The van der Waals surface area contributed by atoms with Gasteiger partial charge in [0.2, 0.25) is 5.92 Å². The molecule has 1 saturated heterocycles. The molecule has 2 aliphatic rings. The molecule has 1 N–H and O–H groups in total. The molecule has 1 saturated carbocycles. The van der Waals surface area contributed by atoms with E-state index < -0.39 is 23.8 Å². The lowest BCUT2D eigenvalue weighted by Crippen LogP contribution is -2.46. The Morgan fingerprint density at radius 3 is 2.69 bits per heavy atom. The van der Waals surface area contributed by atoms with Crippen LogP contribution in [0.15, 0.2) is 48.5 Å². The Kier molecular flexibility index (Phi) is 6.25. The second kappa shape index (κ2) is 9.51. The molecule has 2 aromatic carbocycles. The van der Waals surface area contributed by atoms with Gasteiger partial charge in [-0.05, 0) is 37.3 Å². The Morgan fingerprint density at radius 1 is 1.10 bits per heavy atom. The molecule has 0 spiro atoms. The SMILES string of the molecule is Cc1cccc(-c2sc(C)nc2C(=O)N2C[C@@H]3CC(F)(F)C[C@@H]3[C@H]2CNC(=O)c2nn(C)c3ccccc23)c1. The van der Waals surface area contributed by atoms with Gasteiger partial charge >= 0.3 is 0 Å². The van der Waals surface area contributed by atoms with Crippen LogP contribution >= 0.6 is 11.3 Å². The van der Waals surface area contributed by atoms with Gasteiger partial charge in [0.15, 0.2) is 5.69 Å². The van der Waals surface area contributed by atoms with Gasteiger partial charge in [0.1, 0.15) is 5.69 Å². The number of fused-ring (bicyclic) bond motifs is 2. The predicted octanol–water partition coefficient (Wildman–Crippen LogP) is 5.23. The maximum atomic E-state index is 14.4. The van der Waals surface area contributed by atoms with Gasteiger partial charge < -0.3 is 10.2 Å². The van der Waals surface area contributed by atoms with Crippen molar-refractivity contribution in [3.63, 3.8) is 0 Å². The van der Waals surface area contributed by atoms with E-state index in [9.17, 15) is 18.4 Å². The highest BCUT2D eigenvalue weighted by Crippen LogP contribution is 2.50. The number of hydrogen-bond donors (Lipinski definition) is 1. The number of rotatable bonds is 5. The number of amides is 2. The molecular weight excluding hydrogens is 520 g/mol. The molecule has 1 aliphatic heterocycles. The van der Waals surface area contributed by atoms with Crippen LogP contribution in [0.2, 0.25) is 0 Å². The van der Waals surface area contributed by atoms with Gasteiger partial charge in [-0.3, -0.25) is 14.3 Å². The zero-order valence-electron chi connectivity index (χ0n) is 21.9. The van der Waals surface area contributed by atoms with Crippen molar-refractivity contribution in [2.45, 2.75) is 38.7 Å². The standard InChI is InChI=1S/C29H29F2N5O2S/c1-16-7-6-8-18(11-16)26-25(33-17(2)39-26)28(38)36-15-19-12-29(30,31)13-21(19)23(36)14-32-27(37)24-20-9-4-5-10-22(20)35(3)34-24/h4-11,19,21,23H,12-15H2,1-3H3,(H,32,37)/t19-,21-,23+/m0/s1. The summed E-state index contributed by atoms with van der Waals surface area (Å²) in [6.45, 7) is 4.13. The van der Waals surface area contributed by atoms with Crippen molar-refractivity contribution in [2.75, 3.05) is 13.1 Å². The molecule has 6 rings (SSSR count). The number of para-hydroxylation sites is 1. The van der Waals surface area contributed by atoms with Crippen molar-refractivity contribution in [1.29, 1.82) is 0 Å². The van der Waals surface area contributed by atoms with Gasteiger partial charge in [-0.15, -0.1) is 11.3 Å². The van der Waals surface area contributed by atoms with E-state index in [1.54, 1.807) is 16.6 Å². The molecule has 7 nitrogen and oxygen atoms in total. The van der Waals surface area contributed by atoms with Crippen LogP contribution in [0, 0.1) is 25.7 Å². The zero-order valence-corrected chi connectivity index (χ0v) is 22.8. The summed E-state index contributed by atoms with van der Waals surface area (Å²) in [4.78, 5) is 34.2. The van der Waals surface area contributed by atoms with Gasteiger partial charge in [0, 0.05) is 38.4 Å². The maximum absolute atomic E-state index is 14.4. The minimum atomic E-state index is -2.77. The molecule has 2 fully saturated rings. The van der Waals surface area contributed by atoms with Crippen LogP contribution in [-0.4, -0.2) is 56.5 Å². The number of alkyl halides is 2. The van der Waals surface area contributed by atoms with Gasteiger partial charge in [-0.1, -0.05) is 48.0 Å². The van der Waals surface area contributed by atoms with Crippen LogP contribution in [0.1, 0.15) is 44.4 Å². The third-order valence-electron chi connectivity index (χ3n) is 7.95. The quantitative estimate of drug-likeness (QED) is 0.370. The molecular formula is C29H29F2N5O2S. The summed E-state index contributed by atoms with van der Waals surface area (Å²) in [5.41, 5.74) is 3.40. The first-order valence-electron chi connectivity index (χ1n) is 13.0. The van der Waals surface area contributed by atoms with E-state index >= 15 is 0 Å². The maximum Gasteiger partial charge on any atom is 0.274 e. The second-order valence-corrected chi connectivity index (χ2v) is 11.9. The number of likely N-dealkylation sites (tertiary alicyclic amines) is 1. The molecule has 2 aromatic heterocycles. The number of nitrogens with one attached hydrogen (secondary N) is 1. The molecule has 3 heterocycles. The molecule has 3 atom stereocenters. The highest BCUT2D eigenvalue weighted by atomic mass is 32.1. The van der Waals surface area contributed by atoms with E-state index in [1.807, 2.05) is 62.4 Å². The molecule has 1 aliphatic carbocycles. The number of benzene rings is 2. The van der Waals surface area contributed by atoms with Crippen molar-refractivity contribution >= 4 is 34.1 Å². The molecule has 39 heavy (non-hydrogen) atoms. The van der Waals surface area contributed by atoms with Crippen molar-refractivity contribution < 1.29 is 18.4 Å². The molecule has 202 valence electrons. The summed E-state index contributed by atoms with van der Waals surface area (Å²) < 4.78 is 30.5. The average Bonchev–Trinajstić information content (AvgIpc) is 3.62. The van der Waals surface area contributed by atoms with E-state index in [1.165, 1.54) is 11.3 Å². The third kappa shape index (κ3) is 4.60. The molecule has 0 radical (unpaired) electrons. The summed E-state index contributed by atoms with van der Waals surface area (Å²) in [7, 11) is 1.77. The number of thiazole rings is 1. The van der Waals surface area contributed by atoms with Gasteiger partial charge in [-0.2, -0.15) is 5.10 Å². The Balaban J connectivity index is 1.29. The zero-order chi connectivity index (χ0) is 27.5. The Labute approximate surface area is 228 Å². The lowest BCUT2D eigenvalue weighted by Gasteiger charge is -2.29. The average molecular weight is 550 g/mol. The summed E-state index contributed by atoms with van der Waals surface area (Å²) in [5.74, 6) is -4.18. The third-order valence-corrected chi connectivity index (χ3v) is 8.97. The summed E-state index contributed by atoms with van der Waals surface area (Å²) in [5, 5.41) is 8.76. The van der Waals surface area contributed by atoms with Crippen LogP contribution in [0.25, 0.3) is 21.3 Å². The van der Waals surface area contributed by atoms with Gasteiger partial charge in [-0.25, -0.2) is 13.8 Å². The highest BCUT2D eigenvalue weighted by molar-refractivity contribution is 7.15. The van der Waals surface area contributed by atoms with Crippen molar-refractivity contribution in [3.05, 3.63) is 70.5 Å². The van der Waals surface area contributed by atoms with E-state index in [-0.39, 0.29) is 43.5 Å². The predicted molar refractivity (Wildman–Crippen MR) is 146 cm³/mol. The van der Waals surface area contributed by atoms with Crippen LogP contribution in [0.4, 0.5) is 8.78 Å². The fourth-order valence-electron chi connectivity index (χ4n) is 6.25.